The highest BCUT2D eigenvalue weighted by Crippen LogP contribution is 2.29. The number of aromatic nitrogens is 2. The number of imidazole rings is 1. The molecule has 0 bridgehead atoms. The van der Waals surface area contributed by atoms with Crippen LogP contribution in [0.1, 0.15) is 46.6 Å². The second-order valence-electron chi connectivity index (χ2n) is 8.11. The standard InChI is InChI=1S/C24H31N3O/c1-16-14-17(2)19(4)21(18(16)3)15-27-23-9-7-6-8-22(23)25-24(27)20(5)26-10-12-28-13-11-26/h6-9,14,20H,10-13,15H2,1-5H3/t20-/m1/s1. The summed E-state index contributed by atoms with van der Waals surface area (Å²) >= 11 is 0. The van der Waals surface area contributed by atoms with Crippen LogP contribution in [0.15, 0.2) is 30.3 Å². The Morgan fingerprint density at radius 1 is 1.00 bits per heavy atom. The number of ether oxygens (including phenoxy) is 1. The Kier molecular flexibility index (Phi) is 5.26. The maximum Gasteiger partial charge on any atom is 0.127 e. The van der Waals surface area contributed by atoms with Gasteiger partial charge in [-0.3, -0.25) is 4.90 Å². The number of fused-ring (bicyclic) bond motifs is 1. The molecule has 4 nitrogen and oxygen atoms in total. The van der Waals surface area contributed by atoms with E-state index in [4.69, 9.17) is 9.72 Å². The summed E-state index contributed by atoms with van der Waals surface area (Å²) in [7, 11) is 0. The van der Waals surface area contributed by atoms with E-state index in [0.29, 0.717) is 0 Å². The molecule has 148 valence electrons. The highest BCUT2D eigenvalue weighted by Gasteiger charge is 2.24. The van der Waals surface area contributed by atoms with Crippen molar-refractivity contribution in [1.82, 2.24) is 14.5 Å². The first-order chi connectivity index (χ1) is 13.5. The van der Waals surface area contributed by atoms with Gasteiger partial charge in [-0.2, -0.15) is 0 Å². The van der Waals surface area contributed by atoms with Gasteiger partial charge in [-0.15, -0.1) is 0 Å². The number of nitrogens with zero attached hydrogens (tertiary/aromatic N) is 3. The highest BCUT2D eigenvalue weighted by atomic mass is 16.5. The molecule has 0 aliphatic carbocycles. The summed E-state index contributed by atoms with van der Waals surface area (Å²) in [5.74, 6) is 1.15. The molecule has 1 saturated heterocycles. The number of benzene rings is 2. The predicted molar refractivity (Wildman–Crippen MR) is 115 cm³/mol. The van der Waals surface area contributed by atoms with Gasteiger partial charge in [0, 0.05) is 19.6 Å². The maximum absolute atomic E-state index is 5.56. The molecule has 1 aliphatic heterocycles. The summed E-state index contributed by atoms with van der Waals surface area (Å²) in [4.78, 5) is 7.56. The lowest BCUT2D eigenvalue weighted by atomic mass is 9.94. The first-order valence-corrected chi connectivity index (χ1v) is 10.3. The van der Waals surface area contributed by atoms with Crippen molar-refractivity contribution < 1.29 is 4.74 Å². The van der Waals surface area contributed by atoms with E-state index < -0.39 is 0 Å². The number of hydrogen-bond donors (Lipinski definition) is 0. The van der Waals surface area contributed by atoms with Crippen LogP contribution in [0.2, 0.25) is 0 Å². The Hall–Kier alpha value is -2.17. The molecule has 0 radical (unpaired) electrons. The Labute approximate surface area is 168 Å². The smallest absolute Gasteiger partial charge is 0.127 e. The van der Waals surface area contributed by atoms with Crippen LogP contribution in [0.5, 0.6) is 0 Å². The fourth-order valence-electron chi connectivity index (χ4n) is 4.40. The Balaban J connectivity index is 1.82. The van der Waals surface area contributed by atoms with Gasteiger partial charge in [0.2, 0.25) is 0 Å². The summed E-state index contributed by atoms with van der Waals surface area (Å²) in [5.41, 5.74) is 9.25. The quantitative estimate of drug-likeness (QED) is 0.659. The summed E-state index contributed by atoms with van der Waals surface area (Å²) < 4.78 is 7.99. The van der Waals surface area contributed by atoms with E-state index in [9.17, 15) is 0 Å². The number of morpholine rings is 1. The fraction of sp³-hybridized carbons (Fsp3) is 0.458. The van der Waals surface area contributed by atoms with Crippen molar-refractivity contribution >= 4 is 11.0 Å². The summed E-state index contributed by atoms with van der Waals surface area (Å²) in [6, 6.07) is 11.1. The zero-order valence-corrected chi connectivity index (χ0v) is 17.7. The molecule has 0 saturated carbocycles. The average Bonchev–Trinajstić information content (AvgIpc) is 3.08. The molecule has 0 spiro atoms. The van der Waals surface area contributed by atoms with Crippen LogP contribution in [0.3, 0.4) is 0 Å². The molecule has 3 aromatic rings. The minimum Gasteiger partial charge on any atom is -0.379 e. The van der Waals surface area contributed by atoms with Crippen molar-refractivity contribution in [2.75, 3.05) is 26.3 Å². The molecule has 0 amide bonds. The van der Waals surface area contributed by atoms with Crippen LogP contribution < -0.4 is 0 Å². The molecular weight excluding hydrogens is 346 g/mol. The molecule has 4 heteroatoms. The second-order valence-corrected chi connectivity index (χ2v) is 8.11. The second kappa shape index (κ2) is 7.69. The molecule has 28 heavy (non-hydrogen) atoms. The minimum absolute atomic E-state index is 0.266. The zero-order valence-electron chi connectivity index (χ0n) is 17.7. The molecular formula is C24H31N3O. The van der Waals surface area contributed by atoms with Crippen LogP contribution in [0, 0.1) is 27.7 Å². The lowest BCUT2D eigenvalue weighted by molar-refractivity contribution is 0.0177. The SMILES string of the molecule is Cc1cc(C)c(C)c(Cn2c([C@@H](C)N3CCOCC3)nc3ccccc32)c1C. The van der Waals surface area contributed by atoms with Gasteiger partial charge >= 0.3 is 0 Å². The summed E-state index contributed by atoms with van der Waals surface area (Å²) in [5, 5.41) is 0. The Morgan fingerprint density at radius 3 is 2.32 bits per heavy atom. The highest BCUT2D eigenvalue weighted by molar-refractivity contribution is 5.76. The fourth-order valence-corrected chi connectivity index (χ4v) is 4.40. The molecule has 1 fully saturated rings. The van der Waals surface area contributed by atoms with Gasteiger partial charge in [-0.05, 0) is 74.6 Å². The largest absolute Gasteiger partial charge is 0.379 e. The molecule has 1 aromatic heterocycles. The molecule has 0 N–H and O–H groups in total. The van der Waals surface area contributed by atoms with Crippen molar-refractivity contribution in [3.05, 3.63) is 64.0 Å². The van der Waals surface area contributed by atoms with E-state index in [2.05, 4.69) is 74.4 Å². The van der Waals surface area contributed by atoms with Gasteiger partial charge in [0.1, 0.15) is 5.82 Å². The third-order valence-corrected chi connectivity index (χ3v) is 6.49. The number of aryl methyl sites for hydroxylation is 2. The van der Waals surface area contributed by atoms with E-state index in [1.165, 1.54) is 33.3 Å². The van der Waals surface area contributed by atoms with E-state index in [-0.39, 0.29) is 6.04 Å². The third kappa shape index (κ3) is 3.36. The van der Waals surface area contributed by atoms with Gasteiger partial charge in [0.25, 0.3) is 0 Å². The normalized spacial score (nSPS) is 16.6. The molecule has 0 unspecified atom stereocenters. The van der Waals surface area contributed by atoms with Crippen molar-refractivity contribution in [2.24, 2.45) is 0 Å². The Bertz CT molecular complexity index is 972. The first kappa shape index (κ1) is 19.2. The topological polar surface area (TPSA) is 30.3 Å². The molecule has 2 aromatic carbocycles. The average molecular weight is 378 g/mol. The molecule has 1 aliphatic rings. The molecule has 1 atom stereocenters. The van der Waals surface area contributed by atoms with E-state index in [1.54, 1.807) is 0 Å². The van der Waals surface area contributed by atoms with Crippen molar-refractivity contribution in [3.8, 4) is 0 Å². The van der Waals surface area contributed by atoms with Crippen LogP contribution in [-0.2, 0) is 11.3 Å². The lowest BCUT2D eigenvalue weighted by Crippen LogP contribution is -2.39. The number of rotatable bonds is 4. The third-order valence-electron chi connectivity index (χ3n) is 6.49. The van der Waals surface area contributed by atoms with Crippen molar-refractivity contribution in [1.29, 1.82) is 0 Å². The van der Waals surface area contributed by atoms with Gasteiger partial charge in [-0.1, -0.05) is 18.2 Å². The molecule has 4 rings (SSSR count). The van der Waals surface area contributed by atoms with Gasteiger partial charge in [-0.25, -0.2) is 4.98 Å². The van der Waals surface area contributed by atoms with Crippen LogP contribution in [0.25, 0.3) is 11.0 Å². The van der Waals surface area contributed by atoms with Gasteiger partial charge in [0.15, 0.2) is 0 Å². The van der Waals surface area contributed by atoms with Gasteiger partial charge < -0.3 is 9.30 Å². The zero-order chi connectivity index (χ0) is 19.8. The number of hydrogen-bond acceptors (Lipinski definition) is 3. The number of para-hydroxylation sites is 2. The van der Waals surface area contributed by atoms with E-state index in [1.807, 2.05) is 0 Å². The van der Waals surface area contributed by atoms with E-state index in [0.717, 1.165) is 44.2 Å². The monoisotopic (exact) mass is 377 g/mol. The summed E-state index contributed by atoms with van der Waals surface area (Å²) in [6.45, 7) is 15.6. The first-order valence-electron chi connectivity index (χ1n) is 10.3. The maximum atomic E-state index is 5.56. The van der Waals surface area contributed by atoms with Crippen molar-refractivity contribution in [3.63, 3.8) is 0 Å². The van der Waals surface area contributed by atoms with Crippen molar-refractivity contribution in [2.45, 2.75) is 47.2 Å². The Morgan fingerprint density at radius 2 is 1.64 bits per heavy atom. The van der Waals surface area contributed by atoms with Gasteiger partial charge in [0.05, 0.1) is 30.3 Å². The summed E-state index contributed by atoms with van der Waals surface area (Å²) in [6.07, 6.45) is 0. The molecule has 2 heterocycles. The van der Waals surface area contributed by atoms with Crippen LogP contribution in [-0.4, -0.2) is 40.8 Å². The van der Waals surface area contributed by atoms with Crippen LogP contribution >= 0.6 is 0 Å². The predicted octanol–water partition coefficient (Wildman–Crippen LogP) is 4.71. The van der Waals surface area contributed by atoms with Crippen LogP contribution in [0.4, 0.5) is 0 Å². The van der Waals surface area contributed by atoms with E-state index >= 15 is 0 Å². The lowest BCUT2D eigenvalue weighted by Gasteiger charge is -2.32. The minimum atomic E-state index is 0.266.